The van der Waals surface area contributed by atoms with E-state index in [2.05, 4.69) is 11.0 Å². The van der Waals surface area contributed by atoms with E-state index in [-0.39, 0.29) is 5.91 Å². The van der Waals surface area contributed by atoms with Gasteiger partial charge in [-0.25, -0.2) is 0 Å². The lowest BCUT2D eigenvalue weighted by Gasteiger charge is -2.26. The van der Waals surface area contributed by atoms with Gasteiger partial charge >= 0.3 is 0 Å². The standard InChI is InChI=1S/C18H22N2O2S3/c1-3-20-17(21)16(25-18(20)23)11-13-4-5-15(22-2)14(10-13)12-19-6-8-24-9-7-19/h4-5,10-11H,3,6-9,12H2,1-2H3. The summed E-state index contributed by atoms with van der Waals surface area (Å²) in [7, 11) is 1.71. The molecular formula is C18H22N2O2S3. The molecule has 1 aromatic carbocycles. The maximum atomic E-state index is 12.4. The monoisotopic (exact) mass is 394 g/mol. The van der Waals surface area contributed by atoms with E-state index in [4.69, 9.17) is 17.0 Å². The highest BCUT2D eigenvalue weighted by Gasteiger charge is 2.30. The Hall–Kier alpha value is -1.02. The number of thiocarbonyl (C=S) groups is 1. The van der Waals surface area contributed by atoms with E-state index in [1.165, 1.54) is 23.3 Å². The number of amides is 1. The third-order valence-electron chi connectivity index (χ3n) is 4.29. The van der Waals surface area contributed by atoms with Gasteiger partial charge in [0.25, 0.3) is 5.91 Å². The van der Waals surface area contributed by atoms with Gasteiger partial charge in [0.2, 0.25) is 0 Å². The van der Waals surface area contributed by atoms with Gasteiger partial charge in [0, 0.05) is 43.2 Å². The number of carbonyl (C=O) groups is 1. The Bertz CT molecular complexity index is 700. The van der Waals surface area contributed by atoms with Crippen LogP contribution in [0.5, 0.6) is 5.75 Å². The highest BCUT2D eigenvalue weighted by molar-refractivity contribution is 8.26. The van der Waals surface area contributed by atoms with Crippen molar-refractivity contribution in [2.75, 3.05) is 38.2 Å². The summed E-state index contributed by atoms with van der Waals surface area (Å²) in [6.45, 7) is 5.64. The van der Waals surface area contributed by atoms with Crippen LogP contribution in [-0.2, 0) is 11.3 Å². The minimum Gasteiger partial charge on any atom is -0.496 e. The molecule has 1 amide bonds. The van der Waals surface area contributed by atoms with Crippen molar-refractivity contribution in [3.05, 3.63) is 34.2 Å². The van der Waals surface area contributed by atoms with Crippen molar-refractivity contribution >= 4 is 52.0 Å². The highest BCUT2D eigenvalue weighted by Crippen LogP contribution is 2.33. The molecule has 25 heavy (non-hydrogen) atoms. The van der Waals surface area contributed by atoms with Crippen molar-refractivity contribution < 1.29 is 9.53 Å². The number of nitrogens with zero attached hydrogens (tertiary/aromatic N) is 2. The molecule has 0 atom stereocenters. The number of likely N-dealkylation sites (N-methyl/N-ethyl adjacent to an activating group) is 1. The summed E-state index contributed by atoms with van der Waals surface area (Å²) >= 11 is 8.67. The Morgan fingerprint density at radius 2 is 2.08 bits per heavy atom. The molecule has 2 saturated heterocycles. The number of rotatable bonds is 5. The molecule has 0 aromatic heterocycles. The Balaban J connectivity index is 1.82. The zero-order chi connectivity index (χ0) is 17.8. The van der Waals surface area contributed by atoms with Crippen molar-refractivity contribution in [3.8, 4) is 5.75 Å². The van der Waals surface area contributed by atoms with Gasteiger partial charge in [0.05, 0.1) is 12.0 Å². The van der Waals surface area contributed by atoms with Crippen molar-refractivity contribution in [2.24, 2.45) is 0 Å². The molecule has 0 bridgehead atoms. The smallest absolute Gasteiger partial charge is 0.266 e. The van der Waals surface area contributed by atoms with Crippen LogP contribution in [0.4, 0.5) is 0 Å². The maximum absolute atomic E-state index is 12.4. The number of thioether (sulfide) groups is 2. The number of carbonyl (C=O) groups excluding carboxylic acids is 1. The molecular weight excluding hydrogens is 372 g/mol. The molecule has 0 saturated carbocycles. The average Bonchev–Trinajstić information content (AvgIpc) is 2.89. The van der Waals surface area contributed by atoms with Crippen LogP contribution < -0.4 is 4.74 Å². The molecule has 2 fully saturated rings. The number of hydrogen-bond acceptors (Lipinski definition) is 6. The van der Waals surface area contributed by atoms with Crippen LogP contribution in [0.1, 0.15) is 18.1 Å². The van der Waals surface area contributed by atoms with E-state index in [0.717, 1.165) is 36.5 Å². The molecule has 0 N–H and O–H groups in total. The number of methoxy groups -OCH3 is 1. The number of hydrogen-bond donors (Lipinski definition) is 0. The molecule has 4 nitrogen and oxygen atoms in total. The van der Waals surface area contributed by atoms with Gasteiger partial charge in [-0.1, -0.05) is 30.0 Å². The second-order valence-corrected chi connectivity index (χ2v) is 8.79. The van der Waals surface area contributed by atoms with Gasteiger partial charge in [0.15, 0.2) is 0 Å². The summed E-state index contributed by atoms with van der Waals surface area (Å²) in [5, 5.41) is 0. The molecule has 1 aromatic rings. The van der Waals surface area contributed by atoms with Crippen LogP contribution >= 0.6 is 35.7 Å². The van der Waals surface area contributed by atoms with Crippen LogP contribution in [0, 0.1) is 0 Å². The zero-order valence-electron chi connectivity index (χ0n) is 14.5. The lowest BCUT2D eigenvalue weighted by atomic mass is 10.1. The summed E-state index contributed by atoms with van der Waals surface area (Å²) in [6.07, 6.45) is 1.93. The first-order valence-corrected chi connectivity index (χ1v) is 10.7. The van der Waals surface area contributed by atoms with Crippen LogP contribution in [0.15, 0.2) is 23.1 Å². The summed E-state index contributed by atoms with van der Waals surface area (Å²) < 4.78 is 6.17. The van der Waals surface area contributed by atoms with Gasteiger partial charge in [-0.15, -0.1) is 0 Å². The Morgan fingerprint density at radius 1 is 1.32 bits per heavy atom. The fourth-order valence-corrected chi connectivity index (χ4v) is 5.30. The molecule has 0 aliphatic carbocycles. The zero-order valence-corrected chi connectivity index (χ0v) is 16.9. The quantitative estimate of drug-likeness (QED) is 0.562. The average molecular weight is 395 g/mol. The highest BCUT2D eigenvalue weighted by atomic mass is 32.2. The molecule has 0 unspecified atom stereocenters. The van der Waals surface area contributed by atoms with Crippen molar-refractivity contribution in [1.82, 2.24) is 9.80 Å². The van der Waals surface area contributed by atoms with Gasteiger partial charge in [-0.3, -0.25) is 14.6 Å². The van der Waals surface area contributed by atoms with Crippen molar-refractivity contribution in [1.29, 1.82) is 0 Å². The first kappa shape index (κ1) is 18.8. The van der Waals surface area contributed by atoms with Gasteiger partial charge in [-0.05, 0) is 30.7 Å². The number of ether oxygens (including phenoxy) is 1. The van der Waals surface area contributed by atoms with E-state index in [1.54, 1.807) is 12.0 Å². The molecule has 2 heterocycles. The molecule has 0 spiro atoms. The lowest BCUT2D eigenvalue weighted by molar-refractivity contribution is -0.121. The molecule has 3 rings (SSSR count). The molecule has 134 valence electrons. The minimum atomic E-state index is 0.00271. The van der Waals surface area contributed by atoms with Gasteiger partial charge in [0.1, 0.15) is 10.1 Å². The Labute approximate surface area is 163 Å². The van der Waals surface area contributed by atoms with E-state index in [9.17, 15) is 4.79 Å². The fraction of sp³-hybridized carbons (Fsp3) is 0.444. The molecule has 2 aliphatic heterocycles. The van der Waals surface area contributed by atoms with Crippen LogP contribution in [0.2, 0.25) is 0 Å². The molecule has 0 radical (unpaired) electrons. The molecule has 7 heteroatoms. The second-order valence-electron chi connectivity index (χ2n) is 5.89. The largest absolute Gasteiger partial charge is 0.496 e. The lowest BCUT2D eigenvalue weighted by Crippen LogP contribution is -2.32. The minimum absolute atomic E-state index is 0.00271. The summed E-state index contributed by atoms with van der Waals surface area (Å²) in [6, 6.07) is 6.10. The SMILES string of the molecule is CCN1C(=O)C(=Cc2ccc(OC)c(CN3CCSCC3)c2)SC1=S. The van der Waals surface area contributed by atoms with Gasteiger partial charge in [-0.2, -0.15) is 11.8 Å². The number of benzene rings is 1. The van der Waals surface area contributed by atoms with Gasteiger partial charge < -0.3 is 4.74 Å². The fourth-order valence-electron chi connectivity index (χ4n) is 2.94. The summed E-state index contributed by atoms with van der Waals surface area (Å²) in [5.74, 6) is 3.27. The third kappa shape index (κ3) is 4.39. The van der Waals surface area contributed by atoms with Crippen molar-refractivity contribution in [2.45, 2.75) is 13.5 Å². The first-order chi connectivity index (χ1) is 12.1. The van der Waals surface area contributed by atoms with Crippen LogP contribution in [0.3, 0.4) is 0 Å². The second kappa shape index (κ2) is 8.58. The first-order valence-electron chi connectivity index (χ1n) is 8.34. The normalized spacial score (nSPS) is 20.6. The Morgan fingerprint density at radius 3 is 2.72 bits per heavy atom. The van der Waals surface area contributed by atoms with E-state index >= 15 is 0 Å². The topological polar surface area (TPSA) is 32.8 Å². The van der Waals surface area contributed by atoms with Crippen molar-refractivity contribution in [3.63, 3.8) is 0 Å². The maximum Gasteiger partial charge on any atom is 0.266 e. The Kier molecular flexibility index (Phi) is 6.44. The summed E-state index contributed by atoms with van der Waals surface area (Å²) in [4.78, 5) is 17.2. The van der Waals surface area contributed by atoms with Crippen LogP contribution in [-0.4, -0.2) is 58.3 Å². The molecule has 2 aliphatic rings. The van der Waals surface area contributed by atoms with E-state index in [0.29, 0.717) is 15.8 Å². The van der Waals surface area contributed by atoms with Crippen LogP contribution in [0.25, 0.3) is 6.08 Å². The predicted molar refractivity (Wildman–Crippen MR) is 111 cm³/mol. The third-order valence-corrected chi connectivity index (χ3v) is 6.61. The van der Waals surface area contributed by atoms with E-state index < -0.39 is 0 Å². The van der Waals surface area contributed by atoms with E-state index in [1.807, 2.05) is 36.9 Å². The predicted octanol–water partition coefficient (Wildman–Crippen LogP) is 3.47. The summed E-state index contributed by atoms with van der Waals surface area (Å²) in [5.41, 5.74) is 2.17.